The molecule has 27 heavy (non-hydrogen) atoms. The van der Waals surface area contributed by atoms with Crippen molar-refractivity contribution in [3.63, 3.8) is 0 Å². The molecule has 0 aliphatic carbocycles. The van der Waals surface area contributed by atoms with Crippen molar-refractivity contribution in [3.8, 4) is 17.6 Å². The monoisotopic (exact) mass is 492 g/mol. The van der Waals surface area contributed by atoms with Gasteiger partial charge in [0.25, 0.3) is 5.91 Å². The Labute approximate surface area is 175 Å². The average Bonchev–Trinajstić information content (AvgIpc) is 2.65. The molecule has 0 unspecified atom stereocenters. The van der Waals surface area contributed by atoms with Gasteiger partial charge < -0.3 is 14.8 Å². The van der Waals surface area contributed by atoms with Crippen molar-refractivity contribution in [1.82, 2.24) is 0 Å². The molecule has 7 heteroatoms. The summed E-state index contributed by atoms with van der Waals surface area (Å²) in [4.78, 5) is 12.4. The summed E-state index contributed by atoms with van der Waals surface area (Å²) in [5.74, 6) is 0.666. The van der Waals surface area contributed by atoms with Gasteiger partial charge in [-0.25, -0.2) is 0 Å². The first kappa shape index (κ1) is 21.0. The second kappa shape index (κ2) is 10.1. The summed E-state index contributed by atoms with van der Waals surface area (Å²) in [6, 6.07) is 12.6. The number of hydrogen-bond acceptors (Lipinski definition) is 4. The van der Waals surface area contributed by atoms with Crippen molar-refractivity contribution in [2.24, 2.45) is 0 Å². The molecular formula is C20H18Br2N2O3. The highest BCUT2D eigenvalue weighted by molar-refractivity contribution is 9.10. The molecular weight excluding hydrogens is 476 g/mol. The van der Waals surface area contributed by atoms with E-state index in [-0.39, 0.29) is 5.57 Å². The lowest BCUT2D eigenvalue weighted by molar-refractivity contribution is -0.112. The van der Waals surface area contributed by atoms with E-state index in [1.54, 1.807) is 24.3 Å². The summed E-state index contributed by atoms with van der Waals surface area (Å²) in [6.45, 7) is 4.73. The fourth-order valence-corrected chi connectivity index (χ4v) is 2.93. The van der Waals surface area contributed by atoms with E-state index in [0.717, 1.165) is 4.47 Å². The van der Waals surface area contributed by atoms with Crippen LogP contribution in [0.5, 0.6) is 11.5 Å². The van der Waals surface area contributed by atoms with Crippen LogP contribution in [0.3, 0.4) is 0 Å². The first-order valence-electron chi connectivity index (χ1n) is 8.26. The van der Waals surface area contributed by atoms with Crippen LogP contribution in [-0.4, -0.2) is 19.1 Å². The predicted molar refractivity (Wildman–Crippen MR) is 113 cm³/mol. The number of nitrogens with zero attached hydrogens (tertiary/aromatic N) is 1. The molecule has 0 aliphatic heterocycles. The van der Waals surface area contributed by atoms with Crippen LogP contribution in [0.25, 0.3) is 6.08 Å². The third kappa shape index (κ3) is 5.84. The Balaban J connectivity index is 2.32. The molecule has 5 nitrogen and oxygen atoms in total. The summed E-state index contributed by atoms with van der Waals surface area (Å²) in [5.41, 5.74) is 1.22. The van der Waals surface area contributed by atoms with E-state index in [9.17, 15) is 10.1 Å². The maximum absolute atomic E-state index is 12.4. The van der Waals surface area contributed by atoms with E-state index in [4.69, 9.17) is 9.47 Å². The number of nitriles is 1. The summed E-state index contributed by atoms with van der Waals surface area (Å²) >= 11 is 6.80. The van der Waals surface area contributed by atoms with Gasteiger partial charge in [0.2, 0.25) is 0 Å². The van der Waals surface area contributed by atoms with E-state index in [1.807, 2.05) is 32.0 Å². The van der Waals surface area contributed by atoms with Crippen LogP contribution in [0.1, 0.15) is 19.4 Å². The minimum atomic E-state index is -0.487. The van der Waals surface area contributed by atoms with Crippen LogP contribution in [-0.2, 0) is 4.79 Å². The smallest absolute Gasteiger partial charge is 0.266 e. The van der Waals surface area contributed by atoms with Gasteiger partial charge in [0.15, 0.2) is 11.5 Å². The Morgan fingerprint density at radius 3 is 2.26 bits per heavy atom. The second-order valence-corrected chi connectivity index (χ2v) is 7.09. The molecule has 0 saturated carbocycles. The average molecular weight is 494 g/mol. The lowest BCUT2D eigenvalue weighted by Gasteiger charge is -2.13. The van der Waals surface area contributed by atoms with Gasteiger partial charge in [-0.3, -0.25) is 4.79 Å². The van der Waals surface area contributed by atoms with E-state index in [0.29, 0.717) is 40.4 Å². The molecule has 0 atom stereocenters. The minimum Gasteiger partial charge on any atom is -0.490 e. The number of benzene rings is 2. The van der Waals surface area contributed by atoms with Gasteiger partial charge in [-0.05, 0) is 61.9 Å². The van der Waals surface area contributed by atoms with Gasteiger partial charge >= 0.3 is 0 Å². The van der Waals surface area contributed by atoms with Crippen LogP contribution in [0.2, 0.25) is 0 Å². The third-order valence-electron chi connectivity index (χ3n) is 3.43. The first-order valence-corrected chi connectivity index (χ1v) is 9.84. The van der Waals surface area contributed by atoms with Crippen molar-refractivity contribution in [1.29, 1.82) is 5.26 Å². The highest BCUT2D eigenvalue weighted by Gasteiger charge is 2.14. The zero-order chi connectivity index (χ0) is 19.8. The van der Waals surface area contributed by atoms with Crippen molar-refractivity contribution in [3.05, 3.63) is 56.5 Å². The van der Waals surface area contributed by atoms with Gasteiger partial charge in [0.1, 0.15) is 11.6 Å². The zero-order valence-corrected chi connectivity index (χ0v) is 18.1. The summed E-state index contributed by atoms with van der Waals surface area (Å²) in [6.07, 6.45) is 1.51. The number of ether oxygens (including phenoxy) is 2. The van der Waals surface area contributed by atoms with E-state index in [1.165, 1.54) is 6.08 Å². The third-order valence-corrected chi connectivity index (χ3v) is 4.65. The van der Waals surface area contributed by atoms with Gasteiger partial charge in [-0.15, -0.1) is 0 Å². The number of nitrogens with one attached hydrogen (secondary N) is 1. The SMILES string of the molecule is CCOc1cc(Br)c(/C=C(\C#N)C(=O)Nc2ccc(Br)cc2)cc1OCC. The lowest BCUT2D eigenvalue weighted by Crippen LogP contribution is -2.13. The molecule has 0 spiro atoms. The predicted octanol–water partition coefficient (Wildman–Crippen LogP) is 5.55. The molecule has 0 heterocycles. The number of amides is 1. The van der Waals surface area contributed by atoms with Crippen molar-refractivity contribution < 1.29 is 14.3 Å². The number of halogens is 2. The molecule has 2 rings (SSSR count). The molecule has 0 radical (unpaired) electrons. The lowest BCUT2D eigenvalue weighted by atomic mass is 10.1. The van der Waals surface area contributed by atoms with Gasteiger partial charge in [0.05, 0.1) is 13.2 Å². The van der Waals surface area contributed by atoms with Crippen molar-refractivity contribution in [2.75, 3.05) is 18.5 Å². The number of carbonyl (C=O) groups is 1. The van der Waals surface area contributed by atoms with Crippen LogP contribution in [0.4, 0.5) is 5.69 Å². The van der Waals surface area contributed by atoms with E-state index in [2.05, 4.69) is 37.2 Å². The fourth-order valence-electron chi connectivity index (χ4n) is 2.23. The molecule has 0 saturated heterocycles. The molecule has 0 bridgehead atoms. The Hall–Kier alpha value is -2.30. The van der Waals surface area contributed by atoms with Gasteiger partial charge in [-0.2, -0.15) is 5.26 Å². The summed E-state index contributed by atoms with van der Waals surface area (Å²) < 4.78 is 12.8. The second-order valence-electron chi connectivity index (χ2n) is 5.32. The molecule has 1 amide bonds. The molecule has 1 N–H and O–H groups in total. The molecule has 2 aromatic rings. The Morgan fingerprint density at radius 1 is 1.11 bits per heavy atom. The van der Waals surface area contributed by atoms with Crippen LogP contribution < -0.4 is 14.8 Å². The minimum absolute atomic E-state index is 0.0229. The van der Waals surface area contributed by atoms with E-state index < -0.39 is 5.91 Å². The summed E-state index contributed by atoms with van der Waals surface area (Å²) in [7, 11) is 0. The van der Waals surface area contributed by atoms with Crippen molar-refractivity contribution >= 4 is 49.5 Å². The highest BCUT2D eigenvalue weighted by atomic mass is 79.9. The first-order chi connectivity index (χ1) is 13.0. The van der Waals surface area contributed by atoms with Crippen LogP contribution >= 0.6 is 31.9 Å². The highest BCUT2D eigenvalue weighted by Crippen LogP contribution is 2.35. The zero-order valence-electron chi connectivity index (χ0n) is 14.9. The number of carbonyl (C=O) groups excluding carboxylic acids is 1. The number of anilines is 1. The van der Waals surface area contributed by atoms with Gasteiger partial charge in [0, 0.05) is 14.6 Å². The maximum atomic E-state index is 12.4. The largest absolute Gasteiger partial charge is 0.490 e. The Kier molecular flexibility index (Phi) is 7.89. The molecule has 140 valence electrons. The molecule has 0 aromatic heterocycles. The standard InChI is InChI=1S/C20H18Br2N2O3/c1-3-26-18-10-13(17(22)11-19(18)27-4-2)9-14(12-23)20(25)24-16-7-5-15(21)6-8-16/h5-11H,3-4H2,1-2H3,(H,24,25)/b14-9+. The fraction of sp³-hybridized carbons (Fsp3) is 0.200. The summed E-state index contributed by atoms with van der Waals surface area (Å²) in [5, 5.41) is 12.1. The van der Waals surface area contributed by atoms with Crippen LogP contribution in [0.15, 0.2) is 50.9 Å². The normalized spacial score (nSPS) is 10.9. The van der Waals surface area contributed by atoms with Gasteiger partial charge in [-0.1, -0.05) is 31.9 Å². The quantitative estimate of drug-likeness (QED) is 0.405. The molecule has 2 aromatic carbocycles. The number of rotatable bonds is 7. The Morgan fingerprint density at radius 2 is 1.70 bits per heavy atom. The molecule has 0 aliphatic rings. The van der Waals surface area contributed by atoms with E-state index >= 15 is 0 Å². The topological polar surface area (TPSA) is 71.3 Å². The van der Waals surface area contributed by atoms with Crippen molar-refractivity contribution in [2.45, 2.75) is 13.8 Å². The maximum Gasteiger partial charge on any atom is 0.266 e. The molecule has 0 fully saturated rings. The Bertz CT molecular complexity index is 887. The van der Waals surface area contributed by atoms with Crippen LogP contribution in [0, 0.1) is 11.3 Å². The number of hydrogen-bond donors (Lipinski definition) is 1.